The molecule has 2 heteroatoms. The highest BCUT2D eigenvalue weighted by Crippen LogP contribution is 2.12. The zero-order valence-electron chi connectivity index (χ0n) is 13.2. The van der Waals surface area contributed by atoms with Crippen LogP contribution in [0.25, 0.3) is 0 Å². The van der Waals surface area contributed by atoms with Crippen LogP contribution in [-0.4, -0.2) is 19.7 Å². The summed E-state index contributed by atoms with van der Waals surface area (Å²) in [5.41, 5.74) is 0. The Bertz CT molecular complexity index is 312. The highest BCUT2D eigenvalue weighted by Gasteiger charge is 2.06. The van der Waals surface area contributed by atoms with Crippen LogP contribution >= 0.6 is 0 Å². The monoisotopic (exact) mass is 277 g/mol. The number of benzene rings is 1. The average Bonchev–Trinajstić information content (AvgIpc) is 2.50. The molecule has 0 spiro atoms. The lowest BCUT2D eigenvalue weighted by molar-refractivity contribution is 0.260. The minimum Gasteiger partial charge on any atom is -0.492 e. The first-order chi connectivity index (χ1) is 9.86. The van der Waals surface area contributed by atoms with Gasteiger partial charge in [-0.15, -0.1) is 0 Å². The number of para-hydroxylation sites is 1. The molecule has 1 unspecified atom stereocenters. The van der Waals surface area contributed by atoms with Crippen molar-refractivity contribution in [1.82, 2.24) is 5.32 Å². The molecule has 0 radical (unpaired) electrons. The predicted molar refractivity (Wildman–Crippen MR) is 87.4 cm³/mol. The van der Waals surface area contributed by atoms with Crippen molar-refractivity contribution >= 4 is 0 Å². The van der Waals surface area contributed by atoms with Gasteiger partial charge in [-0.3, -0.25) is 0 Å². The molecule has 0 aromatic heterocycles. The number of hydrogen-bond donors (Lipinski definition) is 1. The van der Waals surface area contributed by atoms with E-state index in [0.717, 1.165) is 12.4 Å². The lowest BCUT2D eigenvalue weighted by Gasteiger charge is -2.17. The van der Waals surface area contributed by atoms with Crippen molar-refractivity contribution in [2.45, 2.75) is 64.3 Å². The van der Waals surface area contributed by atoms with E-state index in [0.29, 0.717) is 6.04 Å². The smallest absolute Gasteiger partial charge is 0.119 e. The van der Waals surface area contributed by atoms with Crippen LogP contribution in [0.15, 0.2) is 30.3 Å². The molecule has 0 saturated carbocycles. The van der Waals surface area contributed by atoms with Crippen molar-refractivity contribution in [2.75, 3.05) is 13.7 Å². The molecule has 0 amide bonds. The maximum absolute atomic E-state index is 5.81. The zero-order chi connectivity index (χ0) is 14.5. The number of ether oxygens (including phenoxy) is 1. The molecule has 1 aromatic carbocycles. The molecule has 1 aromatic rings. The molecule has 0 aliphatic rings. The fourth-order valence-electron chi connectivity index (χ4n) is 2.37. The molecule has 2 nitrogen and oxygen atoms in total. The molecule has 1 atom stereocenters. The van der Waals surface area contributed by atoms with E-state index >= 15 is 0 Å². The molecule has 1 rings (SSSR count). The minimum atomic E-state index is 0.464. The van der Waals surface area contributed by atoms with Gasteiger partial charge in [-0.2, -0.15) is 0 Å². The number of likely N-dealkylation sites (N-methyl/N-ethyl adjacent to an activating group) is 1. The largest absolute Gasteiger partial charge is 0.492 e. The molecule has 0 aliphatic carbocycles. The number of rotatable bonds is 12. The summed E-state index contributed by atoms with van der Waals surface area (Å²) in [7, 11) is 2.03. The van der Waals surface area contributed by atoms with Crippen LogP contribution < -0.4 is 10.1 Å². The molecular weight excluding hydrogens is 246 g/mol. The molecule has 0 saturated heterocycles. The van der Waals surface area contributed by atoms with Crippen molar-refractivity contribution in [3.05, 3.63) is 30.3 Å². The van der Waals surface area contributed by atoms with Crippen molar-refractivity contribution in [2.24, 2.45) is 0 Å². The van der Waals surface area contributed by atoms with E-state index in [-0.39, 0.29) is 0 Å². The SMILES string of the molecule is CCCCCCCCCC(COc1ccccc1)NC. The third kappa shape index (κ3) is 8.21. The van der Waals surface area contributed by atoms with Gasteiger partial charge >= 0.3 is 0 Å². The molecular formula is C18H31NO. The Morgan fingerprint density at radius 3 is 2.25 bits per heavy atom. The van der Waals surface area contributed by atoms with Crippen LogP contribution in [-0.2, 0) is 0 Å². The maximum atomic E-state index is 5.81. The number of hydrogen-bond acceptors (Lipinski definition) is 2. The Hall–Kier alpha value is -1.02. The van der Waals surface area contributed by atoms with Crippen molar-refractivity contribution < 1.29 is 4.74 Å². The Balaban J connectivity index is 2.04. The van der Waals surface area contributed by atoms with Crippen LogP contribution in [0.2, 0.25) is 0 Å². The normalized spacial score (nSPS) is 12.3. The van der Waals surface area contributed by atoms with Gasteiger partial charge in [-0.1, -0.05) is 70.1 Å². The summed E-state index contributed by atoms with van der Waals surface area (Å²) in [4.78, 5) is 0. The van der Waals surface area contributed by atoms with E-state index < -0.39 is 0 Å². The molecule has 1 N–H and O–H groups in total. The van der Waals surface area contributed by atoms with Crippen LogP contribution in [0.5, 0.6) is 5.75 Å². The first-order valence-electron chi connectivity index (χ1n) is 8.22. The standard InChI is InChI=1S/C18H31NO/c1-3-4-5-6-7-8-10-13-17(19-2)16-20-18-14-11-9-12-15-18/h9,11-12,14-15,17,19H,3-8,10,13,16H2,1-2H3. The predicted octanol–water partition coefficient (Wildman–Crippen LogP) is 4.79. The maximum Gasteiger partial charge on any atom is 0.119 e. The van der Waals surface area contributed by atoms with E-state index in [4.69, 9.17) is 4.74 Å². The van der Waals surface area contributed by atoms with Gasteiger partial charge in [0.2, 0.25) is 0 Å². The van der Waals surface area contributed by atoms with Crippen LogP contribution in [0.1, 0.15) is 58.3 Å². The lowest BCUT2D eigenvalue weighted by Crippen LogP contribution is -2.31. The molecule has 0 fully saturated rings. The molecule has 20 heavy (non-hydrogen) atoms. The summed E-state index contributed by atoms with van der Waals surface area (Å²) < 4.78 is 5.81. The summed E-state index contributed by atoms with van der Waals surface area (Å²) in [5.74, 6) is 0.965. The minimum absolute atomic E-state index is 0.464. The van der Waals surface area contributed by atoms with Gasteiger partial charge in [0.15, 0.2) is 0 Å². The summed E-state index contributed by atoms with van der Waals surface area (Å²) in [6, 6.07) is 10.5. The Labute approximate surface area is 124 Å². The number of unbranched alkanes of at least 4 members (excludes halogenated alkanes) is 6. The van der Waals surface area contributed by atoms with Gasteiger partial charge < -0.3 is 10.1 Å². The second kappa shape index (κ2) is 11.8. The van der Waals surface area contributed by atoms with Gasteiger partial charge in [-0.05, 0) is 25.6 Å². The van der Waals surface area contributed by atoms with Gasteiger partial charge in [0.25, 0.3) is 0 Å². The van der Waals surface area contributed by atoms with Crippen LogP contribution in [0.3, 0.4) is 0 Å². The van der Waals surface area contributed by atoms with E-state index in [2.05, 4.69) is 12.2 Å². The summed E-state index contributed by atoms with van der Waals surface area (Å²) >= 11 is 0. The van der Waals surface area contributed by atoms with Crippen LogP contribution in [0, 0.1) is 0 Å². The summed E-state index contributed by atoms with van der Waals surface area (Å²) in [5, 5.41) is 3.36. The first-order valence-corrected chi connectivity index (χ1v) is 8.22. The van der Waals surface area contributed by atoms with Gasteiger partial charge in [0, 0.05) is 6.04 Å². The average molecular weight is 277 g/mol. The van der Waals surface area contributed by atoms with E-state index in [1.807, 2.05) is 37.4 Å². The fraction of sp³-hybridized carbons (Fsp3) is 0.667. The van der Waals surface area contributed by atoms with Crippen LogP contribution in [0.4, 0.5) is 0 Å². The van der Waals surface area contributed by atoms with Gasteiger partial charge in [-0.25, -0.2) is 0 Å². The topological polar surface area (TPSA) is 21.3 Å². The fourth-order valence-corrected chi connectivity index (χ4v) is 2.37. The Morgan fingerprint density at radius 2 is 1.60 bits per heavy atom. The number of nitrogens with one attached hydrogen (secondary N) is 1. The zero-order valence-corrected chi connectivity index (χ0v) is 13.2. The highest BCUT2D eigenvalue weighted by molar-refractivity contribution is 5.20. The second-order valence-corrected chi connectivity index (χ2v) is 5.52. The quantitative estimate of drug-likeness (QED) is 0.554. The van der Waals surface area contributed by atoms with E-state index in [9.17, 15) is 0 Å². The molecule has 0 heterocycles. The van der Waals surface area contributed by atoms with Gasteiger partial charge in [0.1, 0.15) is 12.4 Å². The third-order valence-electron chi connectivity index (χ3n) is 3.76. The first kappa shape index (κ1) is 17.0. The second-order valence-electron chi connectivity index (χ2n) is 5.52. The van der Waals surface area contributed by atoms with Crippen molar-refractivity contribution in [3.63, 3.8) is 0 Å². The Kier molecular flexibility index (Phi) is 10.0. The third-order valence-corrected chi connectivity index (χ3v) is 3.76. The summed E-state index contributed by atoms with van der Waals surface area (Å²) in [6.07, 6.45) is 10.8. The lowest BCUT2D eigenvalue weighted by atomic mass is 10.1. The molecule has 0 bridgehead atoms. The Morgan fingerprint density at radius 1 is 0.950 bits per heavy atom. The molecule has 0 aliphatic heterocycles. The van der Waals surface area contributed by atoms with E-state index in [1.54, 1.807) is 0 Å². The van der Waals surface area contributed by atoms with Gasteiger partial charge in [0.05, 0.1) is 0 Å². The van der Waals surface area contributed by atoms with Crippen molar-refractivity contribution in [1.29, 1.82) is 0 Å². The summed E-state index contributed by atoms with van der Waals surface area (Å²) in [6.45, 7) is 3.03. The molecule has 114 valence electrons. The highest BCUT2D eigenvalue weighted by atomic mass is 16.5. The van der Waals surface area contributed by atoms with E-state index in [1.165, 1.54) is 51.4 Å². The van der Waals surface area contributed by atoms with Crippen molar-refractivity contribution in [3.8, 4) is 5.75 Å².